The predicted molar refractivity (Wildman–Crippen MR) is 66.4 cm³/mol. The first kappa shape index (κ1) is 11.5. The van der Waals surface area contributed by atoms with Crippen molar-refractivity contribution in [1.29, 1.82) is 0 Å². The van der Waals surface area contributed by atoms with Crippen LogP contribution >= 0.6 is 11.3 Å². The Morgan fingerprint density at radius 3 is 3.06 bits per heavy atom. The van der Waals surface area contributed by atoms with Gasteiger partial charge < -0.3 is 9.80 Å². The SMILES string of the molecule is CN(C)C1CCCN(c2ncc(C=O)s2)C1. The molecule has 1 fully saturated rings. The lowest BCUT2D eigenvalue weighted by Gasteiger charge is -2.35. The molecule has 0 radical (unpaired) electrons. The van der Waals surface area contributed by atoms with Crippen molar-refractivity contribution in [3.05, 3.63) is 11.1 Å². The number of piperidine rings is 1. The quantitative estimate of drug-likeness (QED) is 0.749. The Labute approximate surface area is 99.9 Å². The molecule has 0 spiro atoms. The van der Waals surface area contributed by atoms with Crippen LogP contribution in [0, 0.1) is 0 Å². The summed E-state index contributed by atoms with van der Waals surface area (Å²) in [4.78, 5) is 20.2. The first-order valence-electron chi connectivity index (χ1n) is 5.53. The highest BCUT2D eigenvalue weighted by molar-refractivity contribution is 7.17. The molecule has 0 amide bonds. The third-order valence-electron chi connectivity index (χ3n) is 3.02. The number of nitrogens with zero attached hydrogens (tertiary/aromatic N) is 3. The van der Waals surface area contributed by atoms with E-state index in [9.17, 15) is 4.79 Å². The van der Waals surface area contributed by atoms with Gasteiger partial charge >= 0.3 is 0 Å². The molecule has 0 aliphatic carbocycles. The van der Waals surface area contributed by atoms with E-state index in [4.69, 9.17) is 0 Å². The number of rotatable bonds is 3. The maximum atomic E-state index is 10.6. The van der Waals surface area contributed by atoms with Gasteiger partial charge in [0.05, 0.1) is 11.1 Å². The zero-order valence-electron chi connectivity index (χ0n) is 9.72. The molecule has 88 valence electrons. The van der Waals surface area contributed by atoms with Crippen LogP contribution in [-0.4, -0.2) is 49.4 Å². The molecule has 0 aromatic carbocycles. The minimum Gasteiger partial charge on any atom is -0.347 e. The molecule has 16 heavy (non-hydrogen) atoms. The number of hydrogen-bond donors (Lipinski definition) is 0. The molecule has 1 saturated heterocycles. The van der Waals surface area contributed by atoms with E-state index in [2.05, 4.69) is 28.9 Å². The van der Waals surface area contributed by atoms with Gasteiger partial charge in [-0.1, -0.05) is 11.3 Å². The largest absolute Gasteiger partial charge is 0.347 e. The van der Waals surface area contributed by atoms with Crippen LogP contribution in [0.3, 0.4) is 0 Å². The zero-order chi connectivity index (χ0) is 11.5. The molecule has 1 aliphatic heterocycles. The van der Waals surface area contributed by atoms with Crippen LogP contribution < -0.4 is 4.90 Å². The number of likely N-dealkylation sites (N-methyl/N-ethyl adjacent to an activating group) is 1. The summed E-state index contributed by atoms with van der Waals surface area (Å²) in [5.41, 5.74) is 0. The number of aldehydes is 1. The molecule has 5 heteroatoms. The normalized spacial score (nSPS) is 21.4. The van der Waals surface area contributed by atoms with Crippen molar-refractivity contribution >= 4 is 22.8 Å². The van der Waals surface area contributed by atoms with E-state index in [1.807, 2.05) is 0 Å². The van der Waals surface area contributed by atoms with E-state index in [0.29, 0.717) is 10.9 Å². The summed E-state index contributed by atoms with van der Waals surface area (Å²) in [6, 6.07) is 0.595. The highest BCUT2D eigenvalue weighted by Gasteiger charge is 2.23. The lowest BCUT2D eigenvalue weighted by Crippen LogP contribution is -2.45. The molecule has 2 rings (SSSR count). The van der Waals surface area contributed by atoms with Gasteiger partial charge in [-0.15, -0.1) is 0 Å². The second-order valence-corrected chi connectivity index (χ2v) is 5.41. The highest BCUT2D eigenvalue weighted by Crippen LogP contribution is 2.25. The summed E-state index contributed by atoms with van der Waals surface area (Å²) in [5, 5.41) is 0.980. The molecule has 0 saturated carbocycles. The van der Waals surface area contributed by atoms with Crippen LogP contribution in [0.15, 0.2) is 6.20 Å². The van der Waals surface area contributed by atoms with E-state index in [0.717, 1.165) is 24.5 Å². The molecule has 1 unspecified atom stereocenters. The van der Waals surface area contributed by atoms with Crippen molar-refractivity contribution in [1.82, 2.24) is 9.88 Å². The number of hydrogen-bond acceptors (Lipinski definition) is 5. The van der Waals surface area contributed by atoms with E-state index >= 15 is 0 Å². The van der Waals surface area contributed by atoms with Crippen molar-refractivity contribution in [3.8, 4) is 0 Å². The summed E-state index contributed by atoms with van der Waals surface area (Å²) < 4.78 is 0. The van der Waals surface area contributed by atoms with Crippen LogP contribution in [0.2, 0.25) is 0 Å². The fraction of sp³-hybridized carbons (Fsp3) is 0.636. The maximum absolute atomic E-state index is 10.6. The molecule has 2 heterocycles. The average Bonchev–Trinajstić information content (AvgIpc) is 2.77. The Kier molecular flexibility index (Phi) is 3.56. The van der Waals surface area contributed by atoms with Gasteiger partial charge in [0.1, 0.15) is 0 Å². The second-order valence-electron chi connectivity index (χ2n) is 4.37. The number of aromatic nitrogens is 1. The van der Waals surface area contributed by atoms with Crippen LogP contribution in [0.5, 0.6) is 0 Å². The molecule has 1 aromatic rings. The Bertz CT molecular complexity index is 364. The monoisotopic (exact) mass is 239 g/mol. The third kappa shape index (κ3) is 2.41. The second kappa shape index (κ2) is 4.93. The van der Waals surface area contributed by atoms with Gasteiger partial charge in [0.15, 0.2) is 11.4 Å². The van der Waals surface area contributed by atoms with Crippen molar-refractivity contribution < 1.29 is 4.79 Å². The fourth-order valence-corrected chi connectivity index (χ4v) is 2.79. The number of carbonyl (C=O) groups excluding carboxylic acids is 1. The average molecular weight is 239 g/mol. The summed E-state index contributed by atoms with van der Waals surface area (Å²) >= 11 is 1.48. The number of thiazole rings is 1. The van der Waals surface area contributed by atoms with Gasteiger partial charge in [-0.05, 0) is 26.9 Å². The van der Waals surface area contributed by atoms with Crippen LogP contribution in [0.4, 0.5) is 5.13 Å². The summed E-state index contributed by atoms with van der Waals surface area (Å²) in [6.07, 6.45) is 4.97. The number of anilines is 1. The standard InChI is InChI=1S/C11H17N3OS/c1-13(2)9-4-3-5-14(7-9)11-12-6-10(8-15)16-11/h6,8-9H,3-5,7H2,1-2H3. The van der Waals surface area contributed by atoms with Crippen LogP contribution in [-0.2, 0) is 0 Å². The fourth-order valence-electron chi connectivity index (χ4n) is 2.03. The molecule has 1 atom stereocenters. The molecule has 1 aromatic heterocycles. The lowest BCUT2D eigenvalue weighted by atomic mass is 10.1. The van der Waals surface area contributed by atoms with E-state index in [1.165, 1.54) is 24.2 Å². The van der Waals surface area contributed by atoms with Gasteiger partial charge in [-0.3, -0.25) is 4.79 Å². The topological polar surface area (TPSA) is 36.4 Å². The molecule has 0 N–H and O–H groups in total. The summed E-state index contributed by atoms with van der Waals surface area (Å²) in [5.74, 6) is 0. The van der Waals surface area contributed by atoms with Crippen molar-refractivity contribution in [2.45, 2.75) is 18.9 Å². The summed E-state index contributed by atoms with van der Waals surface area (Å²) in [7, 11) is 4.24. The zero-order valence-corrected chi connectivity index (χ0v) is 10.5. The number of carbonyl (C=O) groups is 1. The van der Waals surface area contributed by atoms with Gasteiger partial charge in [0, 0.05) is 19.1 Å². The minimum absolute atomic E-state index is 0.595. The van der Waals surface area contributed by atoms with E-state index in [-0.39, 0.29) is 0 Å². The smallest absolute Gasteiger partial charge is 0.185 e. The maximum Gasteiger partial charge on any atom is 0.185 e. The lowest BCUT2D eigenvalue weighted by molar-refractivity contribution is 0.112. The molecule has 0 bridgehead atoms. The molecule has 1 aliphatic rings. The van der Waals surface area contributed by atoms with Crippen molar-refractivity contribution in [3.63, 3.8) is 0 Å². The van der Waals surface area contributed by atoms with Crippen LogP contribution in [0.25, 0.3) is 0 Å². The van der Waals surface area contributed by atoms with Gasteiger partial charge in [-0.25, -0.2) is 4.98 Å². The molecular formula is C11H17N3OS. The van der Waals surface area contributed by atoms with Crippen LogP contribution in [0.1, 0.15) is 22.5 Å². The Hall–Kier alpha value is -0.940. The Morgan fingerprint density at radius 2 is 2.44 bits per heavy atom. The van der Waals surface area contributed by atoms with Gasteiger partial charge in [-0.2, -0.15) is 0 Å². The molecule has 4 nitrogen and oxygen atoms in total. The third-order valence-corrected chi connectivity index (χ3v) is 4.01. The van der Waals surface area contributed by atoms with Gasteiger partial charge in [0.25, 0.3) is 0 Å². The predicted octanol–water partition coefficient (Wildman–Crippen LogP) is 1.49. The van der Waals surface area contributed by atoms with Crippen molar-refractivity contribution in [2.24, 2.45) is 0 Å². The van der Waals surface area contributed by atoms with E-state index < -0.39 is 0 Å². The highest BCUT2D eigenvalue weighted by atomic mass is 32.1. The Morgan fingerprint density at radius 1 is 1.62 bits per heavy atom. The van der Waals surface area contributed by atoms with Crippen molar-refractivity contribution in [2.75, 3.05) is 32.1 Å². The first-order valence-corrected chi connectivity index (χ1v) is 6.34. The first-order chi connectivity index (χ1) is 7.70. The Balaban J connectivity index is 2.06. The minimum atomic E-state index is 0.595. The van der Waals surface area contributed by atoms with Gasteiger partial charge in [0.2, 0.25) is 0 Å². The van der Waals surface area contributed by atoms with E-state index in [1.54, 1.807) is 6.20 Å². The molecular weight excluding hydrogens is 222 g/mol. The summed E-state index contributed by atoms with van der Waals surface area (Å²) in [6.45, 7) is 2.06.